The van der Waals surface area contributed by atoms with Crippen LogP contribution in [0.25, 0.3) is 10.2 Å². The third-order valence-corrected chi connectivity index (χ3v) is 7.64. The molecule has 0 saturated heterocycles. The quantitative estimate of drug-likeness (QED) is 0.316. The van der Waals surface area contributed by atoms with Gasteiger partial charge in [0, 0.05) is 11.3 Å². The summed E-state index contributed by atoms with van der Waals surface area (Å²) in [6.07, 6.45) is 0.832. The summed E-state index contributed by atoms with van der Waals surface area (Å²) < 4.78 is 5.99. The molecule has 4 aromatic rings. The van der Waals surface area contributed by atoms with Crippen LogP contribution in [-0.4, -0.2) is 15.6 Å². The first-order valence-corrected chi connectivity index (χ1v) is 11.7. The maximum absolute atomic E-state index is 6.47. The van der Waals surface area contributed by atoms with Crippen LogP contribution in [-0.2, 0) is 17.8 Å². The summed E-state index contributed by atoms with van der Waals surface area (Å²) in [6, 6.07) is 20.9. The van der Waals surface area contributed by atoms with E-state index >= 15 is 0 Å². The number of aromatic nitrogens is 2. The van der Waals surface area contributed by atoms with Crippen LogP contribution in [0.4, 0.5) is 5.82 Å². The number of anilines is 1. The minimum absolute atomic E-state index is 0.0982. The molecule has 1 aliphatic rings. The van der Waals surface area contributed by atoms with Gasteiger partial charge in [-0.1, -0.05) is 72.4 Å². The van der Waals surface area contributed by atoms with Crippen LogP contribution in [0.2, 0.25) is 0 Å². The van der Waals surface area contributed by atoms with Crippen LogP contribution in [0.15, 0.2) is 65.8 Å². The van der Waals surface area contributed by atoms with Crippen LogP contribution in [0.5, 0.6) is 0 Å². The second-order valence-electron chi connectivity index (χ2n) is 8.12. The highest BCUT2D eigenvalue weighted by Crippen LogP contribution is 2.43. The monoisotopic (exact) mass is 433 g/mol. The third-order valence-electron chi connectivity index (χ3n) is 5.37. The van der Waals surface area contributed by atoms with E-state index in [9.17, 15) is 0 Å². The Bertz CT molecular complexity index is 1150. The molecular weight excluding hydrogens is 410 g/mol. The molecule has 2 N–H and O–H groups in total. The van der Waals surface area contributed by atoms with Crippen molar-refractivity contribution >= 4 is 39.1 Å². The van der Waals surface area contributed by atoms with Crippen molar-refractivity contribution in [3.63, 3.8) is 0 Å². The Kier molecular flexibility index (Phi) is 5.01. The Morgan fingerprint density at radius 3 is 2.27 bits per heavy atom. The Morgan fingerprint density at radius 2 is 1.63 bits per heavy atom. The number of hydrogen-bond acceptors (Lipinski definition) is 6. The summed E-state index contributed by atoms with van der Waals surface area (Å²) in [7, 11) is 0. The largest absolute Gasteiger partial charge is 0.383 e. The van der Waals surface area contributed by atoms with Crippen molar-refractivity contribution in [3.05, 3.63) is 82.2 Å². The summed E-state index contributed by atoms with van der Waals surface area (Å²) >= 11 is 3.32. The number of nitrogens with two attached hydrogens (primary N) is 1. The zero-order chi connectivity index (χ0) is 20.7. The number of rotatable bonds is 4. The van der Waals surface area contributed by atoms with Gasteiger partial charge in [0.25, 0.3) is 0 Å². The van der Waals surface area contributed by atoms with Crippen LogP contribution in [0.1, 0.15) is 40.7 Å². The van der Waals surface area contributed by atoms with Gasteiger partial charge in [-0.15, -0.1) is 11.3 Å². The van der Waals surface area contributed by atoms with Crippen molar-refractivity contribution in [2.24, 2.45) is 0 Å². The first-order chi connectivity index (χ1) is 14.5. The van der Waals surface area contributed by atoms with Crippen molar-refractivity contribution in [2.45, 2.75) is 42.9 Å². The average molecular weight is 434 g/mol. The molecule has 0 saturated carbocycles. The highest BCUT2D eigenvalue weighted by atomic mass is 32.2. The number of nitrogen functional groups attached to an aromatic ring is 1. The smallest absolute Gasteiger partial charge is 0.191 e. The van der Waals surface area contributed by atoms with Crippen LogP contribution >= 0.6 is 23.1 Å². The summed E-state index contributed by atoms with van der Waals surface area (Å²) in [4.78, 5) is 11.8. The minimum Gasteiger partial charge on any atom is -0.383 e. The highest BCUT2D eigenvalue weighted by molar-refractivity contribution is 7.99. The predicted octanol–water partition coefficient (Wildman–Crippen LogP) is 6.01. The van der Waals surface area contributed by atoms with Gasteiger partial charge in [-0.2, -0.15) is 0 Å². The zero-order valence-corrected chi connectivity index (χ0v) is 18.6. The van der Waals surface area contributed by atoms with E-state index in [1.807, 2.05) is 12.1 Å². The van der Waals surface area contributed by atoms with Gasteiger partial charge in [0.2, 0.25) is 0 Å². The third kappa shape index (κ3) is 3.71. The van der Waals surface area contributed by atoms with Gasteiger partial charge in [-0.3, -0.25) is 0 Å². The van der Waals surface area contributed by atoms with Gasteiger partial charge in [0.15, 0.2) is 5.16 Å². The van der Waals surface area contributed by atoms with Crippen LogP contribution < -0.4 is 5.73 Å². The Balaban J connectivity index is 1.56. The van der Waals surface area contributed by atoms with Crippen LogP contribution in [0.3, 0.4) is 0 Å². The Hall–Kier alpha value is -2.41. The van der Waals surface area contributed by atoms with E-state index in [-0.39, 0.29) is 10.9 Å². The molecule has 0 radical (unpaired) electrons. The number of thioether (sulfide) groups is 1. The molecule has 0 aliphatic carbocycles. The maximum atomic E-state index is 6.47. The van der Waals surface area contributed by atoms with Gasteiger partial charge >= 0.3 is 0 Å². The summed E-state index contributed by atoms with van der Waals surface area (Å²) in [6.45, 7) is 4.85. The molecule has 0 amide bonds. The van der Waals surface area contributed by atoms with Crippen molar-refractivity contribution in [1.82, 2.24) is 9.97 Å². The molecule has 1 aliphatic heterocycles. The van der Waals surface area contributed by atoms with Gasteiger partial charge in [0.05, 0.1) is 22.8 Å². The second kappa shape index (κ2) is 7.69. The predicted molar refractivity (Wildman–Crippen MR) is 125 cm³/mol. The molecule has 0 spiro atoms. The van der Waals surface area contributed by atoms with Crippen molar-refractivity contribution in [2.75, 3.05) is 5.73 Å². The fourth-order valence-electron chi connectivity index (χ4n) is 3.90. The van der Waals surface area contributed by atoms with E-state index in [1.165, 1.54) is 21.6 Å². The maximum Gasteiger partial charge on any atom is 0.191 e. The molecule has 0 atom stereocenters. The lowest BCUT2D eigenvalue weighted by Crippen LogP contribution is -2.31. The van der Waals surface area contributed by atoms with Crippen molar-refractivity contribution < 1.29 is 4.74 Å². The fraction of sp³-hybridized carbons (Fsp3) is 0.250. The standard InChI is InChI=1S/C24H23N3OS2/c1-24(2)13-17-18(14-28-24)29-22-19(17)21(25)26-23(27-22)30-20(15-9-5-3-6-10-15)16-11-7-4-8-12-16/h3-12,20H,13-14H2,1-2H3,(H2,25,26,27). The normalized spacial score (nSPS) is 15.4. The Morgan fingerprint density at radius 1 is 1.00 bits per heavy atom. The number of hydrogen-bond donors (Lipinski definition) is 1. The number of benzene rings is 2. The number of fused-ring (bicyclic) bond motifs is 3. The van der Waals surface area contributed by atoms with Crippen LogP contribution in [0, 0.1) is 0 Å². The molecule has 0 bridgehead atoms. The van der Waals surface area contributed by atoms with E-state index in [0.717, 1.165) is 16.6 Å². The van der Waals surface area contributed by atoms with Gasteiger partial charge in [-0.25, -0.2) is 9.97 Å². The molecule has 5 rings (SSSR count). The number of nitrogens with zero attached hydrogens (tertiary/aromatic N) is 2. The first kappa shape index (κ1) is 19.5. The van der Waals surface area contributed by atoms with E-state index in [0.29, 0.717) is 17.6 Å². The number of ether oxygens (including phenoxy) is 1. The molecule has 2 aromatic heterocycles. The van der Waals surface area contributed by atoms with E-state index in [1.54, 1.807) is 23.1 Å². The van der Waals surface area contributed by atoms with Crippen molar-refractivity contribution in [3.8, 4) is 0 Å². The first-order valence-electron chi connectivity index (χ1n) is 9.98. The Labute approximate surface area is 184 Å². The molecule has 3 heterocycles. The van der Waals surface area contributed by atoms with Gasteiger partial charge < -0.3 is 10.5 Å². The fourth-order valence-corrected chi connectivity index (χ4v) is 6.16. The number of thiophene rings is 1. The molecule has 152 valence electrons. The van der Waals surface area contributed by atoms with E-state index in [2.05, 4.69) is 62.4 Å². The molecule has 30 heavy (non-hydrogen) atoms. The second-order valence-corrected chi connectivity index (χ2v) is 10.3. The average Bonchev–Trinajstić information content (AvgIpc) is 3.10. The minimum atomic E-state index is -0.188. The highest BCUT2D eigenvalue weighted by Gasteiger charge is 2.31. The lowest BCUT2D eigenvalue weighted by molar-refractivity contribution is -0.0379. The molecule has 0 unspecified atom stereocenters. The molecule has 0 fully saturated rings. The zero-order valence-electron chi connectivity index (χ0n) is 17.0. The van der Waals surface area contributed by atoms with Crippen molar-refractivity contribution in [1.29, 1.82) is 0 Å². The SMILES string of the molecule is CC1(C)Cc2c(sc3nc(SC(c4ccccc4)c4ccccc4)nc(N)c23)CO1. The lowest BCUT2D eigenvalue weighted by atomic mass is 9.94. The molecule has 2 aromatic carbocycles. The molecule has 4 nitrogen and oxygen atoms in total. The van der Waals surface area contributed by atoms with E-state index < -0.39 is 0 Å². The summed E-state index contributed by atoms with van der Waals surface area (Å²) in [5.74, 6) is 0.567. The van der Waals surface area contributed by atoms with E-state index in [4.69, 9.17) is 20.4 Å². The summed E-state index contributed by atoms with van der Waals surface area (Å²) in [5.41, 5.74) is 9.97. The molecular formula is C24H23N3OS2. The van der Waals surface area contributed by atoms with Gasteiger partial charge in [0.1, 0.15) is 10.6 Å². The summed E-state index contributed by atoms with van der Waals surface area (Å²) in [5, 5.41) is 1.81. The van der Waals surface area contributed by atoms with Gasteiger partial charge in [-0.05, 0) is 30.5 Å². The topological polar surface area (TPSA) is 61.0 Å². The molecule has 6 heteroatoms. The lowest BCUT2D eigenvalue weighted by Gasteiger charge is -2.30.